The summed E-state index contributed by atoms with van der Waals surface area (Å²) in [5, 5.41) is 1.84. The van der Waals surface area contributed by atoms with E-state index in [1.54, 1.807) is 4.90 Å². The van der Waals surface area contributed by atoms with Gasteiger partial charge < -0.3 is 9.64 Å². The SMILES string of the molecule is O=C(c1cccc2ccccc12)N1Cc2ccccc2CC1COc1cccc(C(F)(F)F)c1. The van der Waals surface area contributed by atoms with Gasteiger partial charge in [0.05, 0.1) is 11.6 Å². The van der Waals surface area contributed by atoms with Gasteiger partial charge in [-0.3, -0.25) is 4.79 Å². The Bertz CT molecular complexity index is 1340. The van der Waals surface area contributed by atoms with Gasteiger partial charge in [0.25, 0.3) is 5.91 Å². The summed E-state index contributed by atoms with van der Waals surface area (Å²) in [4.78, 5) is 15.5. The van der Waals surface area contributed by atoms with E-state index in [1.807, 2.05) is 66.7 Å². The molecule has 1 heterocycles. The second-order valence-electron chi connectivity index (χ2n) is 8.42. The molecule has 0 aromatic heterocycles. The minimum Gasteiger partial charge on any atom is -0.491 e. The summed E-state index contributed by atoms with van der Waals surface area (Å²) in [6, 6.07) is 25.8. The maximum atomic E-state index is 13.8. The van der Waals surface area contributed by atoms with E-state index in [4.69, 9.17) is 4.74 Å². The number of hydrogen-bond acceptors (Lipinski definition) is 2. The van der Waals surface area contributed by atoms with Gasteiger partial charge in [0.2, 0.25) is 0 Å². The predicted molar refractivity (Wildman–Crippen MR) is 125 cm³/mol. The average Bonchev–Trinajstić information content (AvgIpc) is 2.86. The molecule has 5 rings (SSSR count). The van der Waals surface area contributed by atoms with Gasteiger partial charge in [-0.1, -0.05) is 66.7 Å². The Hall–Kier alpha value is -3.80. The molecule has 0 aliphatic carbocycles. The molecular weight excluding hydrogens is 439 g/mol. The lowest BCUT2D eigenvalue weighted by Gasteiger charge is -2.37. The highest BCUT2D eigenvalue weighted by molar-refractivity contribution is 6.07. The molecule has 1 atom stereocenters. The summed E-state index contributed by atoms with van der Waals surface area (Å²) in [6.45, 7) is 0.501. The van der Waals surface area contributed by atoms with Gasteiger partial charge in [-0.2, -0.15) is 13.2 Å². The molecule has 0 N–H and O–H groups in total. The van der Waals surface area contributed by atoms with Crippen LogP contribution in [-0.2, 0) is 19.1 Å². The van der Waals surface area contributed by atoms with Crippen molar-refractivity contribution in [1.29, 1.82) is 0 Å². The lowest BCUT2D eigenvalue weighted by molar-refractivity contribution is -0.137. The molecule has 1 amide bonds. The Morgan fingerprint density at radius 2 is 1.59 bits per heavy atom. The van der Waals surface area contributed by atoms with Crippen molar-refractivity contribution < 1.29 is 22.7 Å². The van der Waals surface area contributed by atoms with Crippen molar-refractivity contribution in [2.75, 3.05) is 6.61 Å². The summed E-state index contributed by atoms with van der Waals surface area (Å²) in [6.07, 6.45) is -3.88. The number of carbonyl (C=O) groups excluding carboxylic acids is 1. The third kappa shape index (κ3) is 4.36. The van der Waals surface area contributed by atoms with Crippen molar-refractivity contribution in [3.63, 3.8) is 0 Å². The molecule has 4 aromatic carbocycles. The van der Waals surface area contributed by atoms with Crippen LogP contribution in [0.2, 0.25) is 0 Å². The first-order valence-corrected chi connectivity index (χ1v) is 11.1. The first kappa shape index (κ1) is 22.0. The first-order valence-electron chi connectivity index (χ1n) is 11.1. The van der Waals surface area contributed by atoms with Gasteiger partial charge in [0.1, 0.15) is 12.4 Å². The lowest BCUT2D eigenvalue weighted by atomic mass is 9.93. The molecule has 0 saturated carbocycles. The largest absolute Gasteiger partial charge is 0.491 e. The van der Waals surface area contributed by atoms with Gasteiger partial charge in [0, 0.05) is 12.1 Å². The van der Waals surface area contributed by atoms with Gasteiger partial charge in [-0.25, -0.2) is 0 Å². The molecule has 0 saturated heterocycles. The predicted octanol–water partition coefficient (Wildman–Crippen LogP) is 6.50. The quantitative estimate of drug-likeness (QED) is 0.347. The number of amides is 1. The Balaban J connectivity index is 1.45. The second kappa shape index (κ2) is 8.86. The summed E-state index contributed by atoms with van der Waals surface area (Å²) >= 11 is 0. The normalized spacial score (nSPS) is 15.7. The van der Waals surface area contributed by atoms with Crippen molar-refractivity contribution in [3.05, 3.63) is 113 Å². The molecule has 1 aliphatic rings. The number of fused-ring (bicyclic) bond motifs is 2. The summed E-state index contributed by atoms with van der Waals surface area (Å²) < 4.78 is 45.1. The topological polar surface area (TPSA) is 29.5 Å². The molecule has 3 nitrogen and oxygen atoms in total. The molecule has 4 aromatic rings. The van der Waals surface area contributed by atoms with Crippen molar-refractivity contribution in [2.45, 2.75) is 25.2 Å². The standard InChI is InChI=1S/C28H22F3NO2/c29-28(30,31)22-11-6-12-24(16-22)34-18-23-15-20-8-1-2-9-21(20)17-32(23)27(33)26-14-5-10-19-7-3-4-13-25(19)26/h1-14,16,23H,15,17-18H2. The van der Waals surface area contributed by atoms with Gasteiger partial charge >= 0.3 is 6.18 Å². The second-order valence-corrected chi connectivity index (χ2v) is 8.42. The van der Waals surface area contributed by atoms with E-state index >= 15 is 0 Å². The zero-order valence-electron chi connectivity index (χ0n) is 18.3. The first-order chi connectivity index (χ1) is 16.4. The van der Waals surface area contributed by atoms with Gasteiger partial charge in [-0.15, -0.1) is 0 Å². The summed E-state index contributed by atoms with van der Waals surface area (Å²) in [7, 11) is 0. The van der Waals surface area contributed by atoms with Crippen LogP contribution in [0.3, 0.4) is 0 Å². The van der Waals surface area contributed by atoms with Crippen LogP contribution in [-0.4, -0.2) is 23.5 Å². The molecule has 1 unspecified atom stereocenters. The maximum absolute atomic E-state index is 13.8. The summed E-state index contributed by atoms with van der Waals surface area (Å²) in [5.41, 5.74) is 2.01. The van der Waals surface area contributed by atoms with Crippen molar-refractivity contribution in [2.24, 2.45) is 0 Å². The third-order valence-corrected chi connectivity index (χ3v) is 6.24. The van der Waals surface area contributed by atoms with Crippen LogP contribution in [0.15, 0.2) is 91.0 Å². The highest BCUT2D eigenvalue weighted by Crippen LogP contribution is 2.32. The fraction of sp³-hybridized carbons (Fsp3) is 0.179. The number of alkyl halides is 3. The fourth-order valence-corrected chi connectivity index (χ4v) is 4.50. The molecule has 0 radical (unpaired) electrons. The van der Waals surface area contributed by atoms with E-state index in [2.05, 4.69) is 0 Å². The minimum absolute atomic E-state index is 0.0894. The lowest BCUT2D eigenvalue weighted by Crippen LogP contribution is -2.47. The van der Waals surface area contributed by atoms with Crippen molar-refractivity contribution in [1.82, 2.24) is 4.90 Å². The molecule has 172 valence electrons. The Kier molecular flexibility index (Phi) is 5.74. The van der Waals surface area contributed by atoms with E-state index in [0.29, 0.717) is 18.5 Å². The number of benzene rings is 4. The Labute approximate surface area is 195 Å². The van der Waals surface area contributed by atoms with Crippen LogP contribution < -0.4 is 4.74 Å². The summed E-state index contributed by atoms with van der Waals surface area (Å²) in [5.74, 6) is 0.00943. The molecule has 6 heteroatoms. The number of halogens is 3. The minimum atomic E-state index is -4.44. The zero-order chi connectivity index (χ0) is 23.7. The van der Waals surface area contributed by atoms with Crippen LogP contribution >= 0.6 is 0 Å². The highest BCUT2D eigenvalue weighted by atomic mass is 19.4. The van der Waals surface area contributed by atoms with Crippen molar-refractivity contribution in [3.8, 4) is 5.75 Å². The number of nitrogens with zero attached hydrogens (tertiary/aromatic N) is 1. The van der Waals surface area contributed by atoms with Crippen LogP contribution in [0.25, 0.3) is 10.8 Å². The molecule has 34 heavy (non-hydrogen) atoms. The molecular formula is C28H22F3NO2. The van der Waals surface area contributed by atoms with Crippen molar-refractivity contribution >= 4 is 16.7 Å². The van der Waals surface area contributed by atoms with E-state index < -0.39 is 11.7 Å². The molecule has 0 fully saturated rings. The van der Waals surface area contributed by atoms with Gasteiger partial charge in [-0.05, 0) is 52.6 Å². The van der Waals surface area contributed by atoms with Crippen LogP contribution in [0.5, 0.6) is 5.75 Å². The number of rotatable bonds is 4. The van der Waals surface area contributed by atoms with E-state index in [-0.39, 0.29) is 24.3 Å². The van der Waals surface area contributed by atoms with E-state index in [1.165, 1.54) is 12.1 Å². The van der Waals surface area contributed by atoms with E-state index in [9.17, 15) is 18.0 Å². The number of hydrogen-bond donors (Lipinski definition) is 0. The highest BCUT2D eigenvalue weighted by Gasteiger charge is 2.33. The monoisotopic (exact) mass is 461 g/mol. The Morgan fingerprint density at radius 3 is 2.41 bits per heavy atom. The van der Waals surface area contributed by atoms with Crippen LogP contribution in [0.4, 0.5) is 13.2 Å². The maximum Gasteiger partial charge on any atom is 0.416 e. The average molecular weight is 461 g/mol. The van der Waals surface area contributed by atoms with Crippen LogP contribution in [0.1, 0.15) is 27.0 Å². The Morgan fingerprint density at radius 1 is 0.882 bits per heavy atom. The molecule has 1 aliphatic heterocycles. The third-order valence-electron chi connectivity index (χ3n) is 6.24. The zero-order valence-corrected chi connectivity index (χ0v) is 18.3. The number of ether oxygens (including phenoxy) is 1. The fourth-order valence-electron chi connectivity index (χ4n) is 4.50. The van der Waals surface area contributed by atoms with Crippen LogP contribution in [0, 0.1) is 0 Å². The smallest absolute Gasteiger partial charge is 0.416 e. The molecule has 0 spiro atoms. The number of carbonyl (C=O) groups is 1. The van der Waals surface area contributed by atoms with Gasteiger partial charge in [0.15, 0.2) is 0 Å². The molecule has 0 bridgehead atoms. The van der Waals surface area contributed by atoms with E-state index in [0.717, 1.165) is 34.0 Å².